The van der Waals surface area contributed by atoms with E-state index in [1.165, 1.54) is 6.07 Å². The molecule has 3 rings (SSSR count). The van der Waals surface area contributed by atoms with Crippen molar-refractivity contribution < 1.29 is 9.40 Å². The van der Waals surface area contributed by atoms with Crippen LogP contribution in [-0.2, 0) is 0 Å². The Morgan fingerprint density at radius 3 is 2.80 bits per heavy atom. The number of nitrogens with one attached hydrogen (secondary N) is 1. The van der Waals surface area contributed by atoms with E-state index in [1.807, 2.05) is 13.0 Å². The van der Waals surface area contributed by atoms with Gasteiger partial charge in [-0.1, -0.05) is 11.6 Å². The Bertz CT molecular complexity index is 970. The van der Waals surface area contributed by atoms with E-state index < -0.39 is 0 Å². The highest BCUT2D eigenvalue weighted by Crippen LogP contribution is 2.24. The molecule has 0 saturated heterocycles. The second kappa shape index (κ2) is 4.22. The molecule has 0 aliphatic heterocycles. The number of rotatable bonds is 0. The molecule has 2 heterocycles. The molecule has 0 fully saturated rings. The van der Waals surface area contributed by atoms with Crippen molar-refractivity contribution in [1.82, 2.24) is 0 Å². The number of hydrogen-bond donors (Lipinski definition) is 1. The maximum Gasteiger partial charge on any atom is 0.299 e. The predicted octanol–water partition coefficient (Wildman–Crippen LogP) is 2.18. The lowest BCUT2D eigenvalue weighted by Gasteiger charge is -2.03. The third kappa shape index (κ3) is 1.70. The van der Waals surface area contributed by atoms with E-state index in [0.717, 1.165) is 5.56 Å². The summed E-state index contributed by atoms with van der Waals surface area (Å²) < 4.78 is 5.64. The number of pyridine rings is 1. The molecule has 1 aromatic carbocycles. The highest BCUT2D eigenvalue weighted by atomic mass is 35.5. The molecule has 3 aromatic rings. The van der Waals surface area contributed by atoms with Crippen LogP contribution in [0.25, 0.3) is 22.1 Å². The van der Waals surface area contributed by atoms with Crippen LogP contribution in [0.2, 0.25) is 5.02 Å². The quantitative estimate of drug-likeness (QED) is 0.641. The number of fused-ring (bicyclic) bond motifs is 2. The van der Waals surface area contributed by atoms with Gasteiger partial charge < -0.3 is 4.42 Å². The summed E-state index contributed by atoms with van der Waals surface area (Å²) in [6.07, 6.45) is 0. The summed E-state index contributed by atoms with van der Waals surface area (Å²) in [5.74, 6) is 0.160. The second-order valence-electron chi connectivity index (χ2n) is 4.48. The van der Waals surface area contributed by atoms with Crippen molar-refractivity contribution >= 4 is 39.5 Å². The molecule has 2 aromatic heterocycles. The monoisotopic (exact) mass is 286 g/mol. The number of aromatic amines is 1. The van der Waals surface area contributed by atoms with Crippen LogP contribution in [0.3, 0.4) is 0 Å². The fraction of sp³-hybridized carbons (Fsp3) is 0.0714. The first kappa shape index (κ1) is 12.5. The molecule has 6 heteroatoms. The average molecular weight is 287 g/mol. The van der Waals surface area contributed by atoms with Crippen LogP contribution in [0, 0.1) is 18.3 Å². The van der Waals surface area contributed by atoms with Gasteiger partial charge in [-0.25, -0.2) is 4.98 Å². The fourth-order valence-electron chi connectivity index (χ4n) is 2.06. The van der Waals surface area contributed by atoms with Gasteiger partial charge in [-0.05, 0) is 30.7 Å². The van der Waals surface area contributed by atoms with Crippen LogP contribution in [0.4, 0.5) is 5.82 Å². The zero-order valence-corrected chi connectivity index (χ0v) is 11.2. The van der Waals surface area contributed by atoms with Crippen molar-refractivity contribution in [1.29, 1.82) is 5.26 Å². The predicted molar refractivity (Wildman–Crippen MR) is 75.4 cm³/mol. The van der Waals surface area contributed by atoms with Gasteiger partial charge in [-0.15, -0.1) is 0 Å². The topological polar surface area (TPSA) is 94.2 Å². The zero-order valence-electron chi connectivity index (χ0n) is 10.5. The van der Waals surface area contributed by atoms with Gasteiger partial charge in [0.25, 0.3) is 11.5 Å². The molecule has 3 N–H and O–H groups in total. The molecule has 0 aliphatic carbocycles. The van der Waals surface area contributed by atoms with E-state index >= 15 is 0 Å². The minimum Gasteiger partial charge on any atom is -0.422 e. The average Bonchev–Trinajstić information content (AvgIpc) is 2.41. The third-order valence-electron chi connectivity index (χ3n) is 3.15. The van der Waals surface area contributed by atoms with E-state index in [2.05, 4.69) is 4.98 Å². The molecular formula is C14H9ClN3O2+. The Morgan fingerprint density at radius 2 is 2.10 bits per heavy atom. The summed E-state index contributed by atoms with van der Waals surface area (Å²) in [6.45, 7) is 1.82. The first-order chi connectivity index (χ1) is 9.51. The van der Waals surface area contributed by atoms with E-state index in [1.54, 1.807) is 12.1 Å². The number of aryl methyl sites for hydroxylation is 1. The molecule has 20 heavy (non-hydrogen) atoms. The van der Waals surface area contributed by atoms with Crippen molar-refractivity contribution in [2.45, 2.75) is 6.92 Å². The highest BCUT2D eigenvalue weighted by Gasteiger charge is 2.16. The van der Waals surface area contributed by atoms with Gasteiger partial charge in [0.05, 0.1) is 5.39 Å². The highest BCUT2D eigenvalue weighted by molar-refractivity contribution is 6.32. The molecule has 0 bridgehead atoms. The Hall–Kier alpha value is -2.58. The Balaban J connectivity index is 2.55. The minimum absolute atomic E-state index is 0.160. The number of halogens is 1. The van der Waals surface area contributed by atoms with Gasteiger partial charge in [-0.3, -0.25) is 10.5 Å². The zero-order chi connectivity index (χ0) is 14.4. The summed E-state index contributed by atoms with van der Waals surface area (Å²) in [5, 5.41) is 10.1. The number of H-pyrrole nitrogens is 1. The summed E-state index contributed by atoms with van der Waals surface area (Å²) in [6, 6.07) is 6.60. The molecule has 0 radical (unpaired) electrons. The lowest BCUT2D eigenvalue weighted by atomic mass is 10.1. The first-order valence-electron chi connectivity index (χ1n) is 5.80. The maximum atomic E-state index is 12.4. The van der Waals surface area contributed by atoms with Gasteiger partial charge in [0.1, 0.15) is 22.6 Å². The standard InChI is InChI=1S/C14H8ClN3O2/c1-6-2-11-8(4-10(6)15)12(19)9-3-7(5-16)13(17)18-14(9)20-11/h2-4H,1H3,(H2,17,18)/p+1. The van der Waals surface area contributed by atoms with Crippen LogP contribution >= 0.6 is 11.6 Å². The number of benzene rings is 1. The summed E-state index contributed by atoms with van der Waals surface area (Å²) in [7, 11) is 0. The number of aromatic nitrogens is 1. The van der Waals surface area contributed by atoms with Crippen molar-refractivity contribution in [3.8, 4) is 6.07 Å². The van der Waals surface area contributed by atoms with E-state index in [4.69, 9.17) is 27.0 Å². The smallest absolute Gasteiger partial charge is 0.299 e. The molecule has 5 nitrogen and oxygen atoms in total. The van der Waals surface area contributed by atoms with E-state index in [9.17, 15) is 4.79 Å². The van der Waals surface area contributed by atoms with Crippen LogP contribution in [-0.4, -0.2) is 0 Å². The van der Waals surface area contributed by atoms with Crippen molar-refractivity contribution in [2.24, 2.45) is 0 Å². The van der Waals surface area contributed by atoms with Gasteiger partial charge >= 0.3 is 0 Å². The summed E-state index contributed by atoms with van der Waals surface area (Å²) in [4.78, 5) is 15.2. The lowest BCUT2D eigenvalue weighted by Crippen LogP contribution is -2.17. The Kier molecular flexibility index (Phi) is 2.63. The number of nitrogen functional groups attached to an aromatic ring is 1. The lowest BCUT2D eigenvalue weighted by molar-refractivity contribution is -0.338. The molecule has 0 amide bonds. The summed E-state index contributed by atoms with van der Waals surface area (Å²) in [5.41, 5.74) is 7.09. The van der Waals surface area contributed by atoms with Crippen LogP contribution in [0.1, 0.15) is 11.1 Å². The molecule has 0 spiro atoms. The van der Waals surface area contributed by atoms with Gasteiger partial charge in [0.15, 0.2) is 0 Å². The van der Waals surface area contributed by atoms with Gasteiger partial charge in [-0.2, -0.15) is 5.26 Å². The van der Waals surface area contributed by atoms with Crippen molar-refractivity contribution in [3.63, 3.8) is 0 Å². The molecule has 98 valence electrons. The minimum atomic E-state index is -0.254. The molecule has 0 atom stereocenters. The number of nitriles is 1. The van der Waals surface area contributed by atoms with Gasteiger partial charge in [0.2, 0.25) is 5.43 Å². The molecule has 0 saturated carbocycles. The van der Waals surface area contributed by atoms with Crippen molar-refractivity contribution in [2.75, 3.05) is 5.73 Å². The Morgan fingerprint density at radius 1 is 1.35 bits per heavy atom. The van der Waals surface area contributed by atoms with E-state index in [0.29, 0.717) is 16.0 Å². The SMILES string of the molecule is Cc1cc2oc3[nH+]c(N)c(C#N)cc3c(=O)c2cc1Cl. The van der Waals surface area contributed by atoms with Crippen LogP contribution in [0.5, 0.6) is 0 Å². The number of hydrogen-bond acceptors (Lipinski definition) is 4. The first-order valence-corrected chi connectivity index (χ1v) is 6.17. The molecular weight excluding hydrogens is 278 g/mol. The fourth-order valence-corrected chi connectivity index (χ4v) is 2.22. The van der Waals surface area contributed by atoms with Crippen molar-refractivity contribution in [3.05, 3.63) is 44.6 Å². The number of nitrogens with two attached hydrogens (primary N) is 1. The molecule has 0 unspecified atom stereocenters. The third-order valence-corrected chi connectivity index (χ3v) is 3.56. The maximum absolute atomic E-state index is 12.4. The number of anilines is 1. The normalized spacial score (nSPS) is 10.8. The van der Waals surface area contributed by atoms with Crippen LogP contribution in [0.15, 0.2) is 27.4 Å². The van der Waals surface area contributed by atoms with E-state index in [-0.39, 0.29) is 27.9 Å². The number of nitrogens with zero attached hydrogens (tertiary/aromatic N) is 1. The largest absolute Gasteiger partial charge is 0.422 e. The van der Waals surface area contributed by atoms with Crippen LogP contribution < -0.4 is 16.1 Å². The molecule has 0 aliphatic rings. The summed E-state index contributed by atoms with van der Waals surface area (Å²) >= 11 is 6.03. The van der Waals surface area contributed by atoms with Gasteiger partial charge in [0, 0.05) is 5.02 Å². The Labute approximate surface area is 118 Å². The second-order valence-corrected chi connectivity index (χ2v) is 4.89.